The molecule has 2 heterocycles. The SMILES string of the molecule is CCSc1nc(Cl)c2c3c(c(Br)c(Cl)c2n1)COC3. The molecule has 1 aliphatic rings. The first-order chi connectivity index (χ1) is 9.13. The molecule has 0 fully saturated rings. The highest BCUT2D eigenvalue weighted by atomic mass is 79.9. The molecule has 7 heteroatoms. The van der Waals surface area contributed by atoms with Crippen LogP contribution in [-0.4, -0.2) is 15.7 Å². The highest BCUT2D eigenvalue weighted by molar-refractivity contribution is 9.10. The summed E-state index contributed by atoms with van der Waals surface area (Å²) in [7, 11) is 0. The van der Waals surface area contributed by atoms with Gasteiger partial charge in [0.2, 0.25) is 0 Å². The van der Waals surface area contributed by atoms with Gasteiger partial charge in [-0.25, -0.2) is 9.97 Å². The Morgan fingerprint density at radius 2 is 2.00 bits per heavy atom. The Kier molecular flexibility index (Phi) is 3.93. The van der Waals surface area contributed by atoms with Crippen LogP contribution < -0.4 is 0 Å². The van der Waals surface area contributed by atoms with E-state index in [2.05, 4.69) is 25.9 Å². The summed E-state index contributed by atoms with van der Waals surface area (Å²) < 4.78 is 6.33. The second-order valence-corrected chi connectivity index (χ2v) is 6.79. The standard InChI is InChI=1S/C12H9BrCl2N2OS/c1-2-19-12-16-10-7(11(15)17-12)5-3-18-4-6(5)8(13)9(10)14/h2-4H2,1H3. The fourth-order valence-corrected chi connectivity index (χ4v) is 3.81. The molecule has 0 bridgehead atoms. The second kappa shape index (κ2) is 5.37. The van der Waals surface area contributed by atoms with Crippen molar-refractivity contribution < 1.29 is 4.74 Å². The normalized spacial score (nSPS) is 14.1. The molecule has 1 aliphatic heterocycles. The van der Waals surface area contributed by atoms with Crippen LogP contribution in [0.15, 0.2) is 9.63 Å². The minimum atomic E-state index is 0.442. The molecule has 3 nitrogen and oxygen atoms in total. The summed E-state index contributed by atoms with van der Waals surface area (Å²) in [6, 6.07) is 0. The molecule has 0 N–H and O–H groups in total. The Labute approximate surface area is 133 Å². The molecule has 0 radical (unpaired) electrons. The van der Waals surface area contributed by atoms with Gasteiger partial charge in [0.15, 0.2) is 5.16 Å². The van der Waals surface area contributed by atoms with Gasteiger partial charge in [0.05, 0.1) is 23.8 Å². The summed E-state index contributed by atoms with van der Waals surface area (Å²) in [6.07, 6.45) is 0. The van der Waals surface area contributed by atoms with Crippen molar-refractivity contribution in [1.29, 1.82) is 0 Å². The number of fused-ring (bicyclic) bond motifs is 3. The van der Waals surface area contributed by atoms with Gasteiger partial charge in [-0.2, -0.15) is 0 Å². The number of hydrogen-bond donors (Lipinski definition) is 0. The number of thioether (sulfide) groups is 1. The van der Waals surface area contributed by atoms with E-state index >= 15 is 0 Å². The van der Waals surface area contributed by atoms with Crippen LogP contribution >= 0.6 is 50.9 Å². The molecule has 0 aliphatic carbocycles. The zero-order valence-corrected chi connectivity index (χ0v) is 13.9. The summed E-state index contributed by atoms with van der Waals surface area (Å²) in [4.78, 5) is 8.84. The third-order valence-electron chi connectivity index (χ3n) is 2.94. The zero-order chi connectivity index (χ0) is 13.6. The van der Waals surface area contributed by atoms with Crippen LogP contribution in [0.25, 0.3) is 10.9 Å². The largest absolute Gasteiger partial charge is 0.372 e. The van der Waals surface area contributed by atoms with Crippen molar-refractivity contribution in [2.24, 2.45) is 0 Å². The smallest absolute Gasteiger partial charge is 0.189 e. The molecule has 0 saturated carbocycles. The summed E-state index contributed by atoms with van der Waals surface area (Å²) in [6.45, 7) is 3.10. The zero-order valence-electron chi connectivity index (χ0n) is 9.97. The topological polar surface area (TPSA) is 35.0 Å². The van der Waals surface area contributed by atoms with Gasteiger partial charge in [-0.3, -0.25) is 0 Å². The van der Waals surface area contributed by atoms with Crippen molar-refractivity contribution in [3.63, 3.8) is 0 Å². The molecular weight excluding hydrogens is 371 g/mol. The summed E-state index contributed by atoms with van der Waals surface area (Å²) >= 11 is 17.8. The quantitative estimate of drug-likeness (QED) is 0.424. The molecule has 100 valence electrons. The molecule has 0 atom stereocenters. The van der Waals surface area contributed by atoms with Gasteiger partial charge in [-0.1, -0.05) is 41.9 Å². The van der Waals surface area contributed by atoms with Crippen molar-refractivity contribution in [1.82, 2.24) is 9.97 Å². The molecule has 3 rings (SSSR count). The predicted octanol–water partition coefficient (Wildman–Crippen LogP) is 4.84. The van der Waals surface area contributed by atoms with Crippen LogP contribution in [-0.2, 0) is 18.0 Å². The lowest BCUT2D eigenvalue weighted by Gasteiger charge is -2.11. The van der Waals surface area contributed by atoms with Crippen molar-refractivity contribution in [2.75, 3.05) is 5.75 Å². The van der Waals surface area contributed by atoms with E-state index in [1.54, 1.807) is 11.8 Å². The number of hydrogen-bond acceptors (Lipinski definition) is 4. The lowest BCUT2D eigenvalue weighted by molar-refractivity contribution is 0.134. The van der Waals surface area contributed by atoms with Crippen LogP contribution in [0.1, 0.15) is 18.1 Å². The molecule has 0 saturated heterocycles. The number of halogens is 3. The number of rotatable bonds is 2. The van der Waals surface area contributed by atoms with Gasteiger partial charge in [0.25, 0.3) is 0 Å². The maximum atomic E-state index is 6.39. The molecule has 2 aromatic rings. The van der Waals surface area contributed by atoms with E-state index in [4.69, 9.17) is 27.9 Å². The maximum Gasteiger partial charge on any atom is 0.189 e. The lowest BCUT2D eigenvalue weighted by Crippen LogP contribution is -1.97. The third-order valence-corrected chi connectivity index (χ3v) is 5.42. The minimum absolute atomic E-state index is 0.442. The molecular formula is C12H9BrCl2N2OS. The third kappa shape index (κ3) is 2.25. The number of ether oxygens (including phenoxy) is 1. The Balaban J connectivity index is 2.38. The van der Waals surface area contributed by atoms with Crippen LogP contribution in [0.2, 0.25) is 10.2 Å². The predicted molar refractivity (Wildman–Crippen MR) is 82.1 cm³/mol. The summed E-state index contributed by atoms with van der Waals surface area (Å²) in [5.41, 5.74) is 2.76. The van der Waals surface area contributed by atoms with Gasteiger partial charge >= 0.3 is 0 Å². The van der Waals surface area contributed by atoms with E-state index in [0.717, 1.165) is 26.7 Å². The van der Waals surface area contributed by atoms with Crippen molar-refractivity contribution in [3.05, 3.63) is 25.8 Å². The molecule has 0 spiro atoms. The van der Waals surface area contributed by atoms with E-state index in [9.17, 15) is 0 Å². The summed E-state index contributed by atoms with van der Waals surface area (Å²) in [5.74, 6) is 0.884. The average Bonchev–Trinajstić information content (AvgIpc) is 2.85. The van der Waals surface area contributed by atoms with E-state index in [-0.39, 0.29) is 0 Å². The molecule has 0 amide bonds. The first-order valence-electron chi connectivity index (χ1n) is 5.70. The van der Waals surface area contributed by atoms with Gasteiger partial charge in [-0.05, 0) is 32.8 Å². The fraction of sp³-hybridized carbons (Fsp3) is 0.333. The molecule has 1 aromatic carbocycles. The lowest BCUT2D eigenvalue weighted by atomic mass is 10.1. The van der Waals surface area contributed by atoms with Crippen LogP contribution in [0.3, 0.4) is 0 Å². The Hall–Kier alpha value is -0.0700. The van der Waals surface area contributed by atoms with Crippen molar-refractivity contribution >= 4 is 61.8 Å². The van der Waals surface area contributed by atoms with Crippen LogP contribution in [0, 0.1) is 0 Å². The second-order valence-electron chi connectivity index (χ2n) is 4.03. The van der Waals surface area contributed by atoms with E-state index in [0.29, 0.717) is 34.1 Å². The highest BCUT2D eigenvalue weighted by Crippen LogP contribution is 2.42. The number of aromatic nitrogens is 2. The monoisotopic (exact) mass is 378 g/mol. The van der Waals surface area contributed by atoms with Gasteiger partial charge in [-0.15, -0.1) is 0 Å². The first-order valence-corrected chi connectivity index (χ1v) is 8.23. The minimum Gasteiger partial charge on any atom is -0.372 e. The van der Waals surface area contributed by atoms with Crippen LogP contribution in [0.4, 0.5) is 0 Å². The average molecular weight is 380 g/mol. The van der Waals surface area contributed by atoms with E-state index < -0.39 is 0 Å². The van der Waals surface area contributed by atoms with E-state index in [1.165, 1.54) is 0 Å². The Morgan fingerprint density at radius 1 is 1.26 bits per heavy atom. The Morgan fingerprint density at radius 3 is 2.74 bits per heavy atom. The van der Waals surface area contributed by atoms with Crippen LogP contribution in [0.5, 0.6) is 0 Å². The van der Waals surface area contributed by atoms with Crippen molar-refractivity contribution in [2.45, 2.75) is 25.3 Å². The van der Waals surface area contributed by atoms with Gasteiger partial charge in [0, 0.05) is 9.86 Å². The fourth-order valence-electron chi connectivity index (χ4n) is 2.12. The number of benzene rings is 1. The Bertz CT molecular complexity index is 681. The molecule has 0 unspecified atom stereocenters. The maximum absolute atomic E-state index is 6.39. The highest BCUT2D eigenvalue weighted by Gasteiger charge is 2.24. The summed E-state index contributed by atoms with van der Waals surface area (Å²) in [5, 5.41) is 2.47. The first kappa shape index (κ1) is 13.9. The van der Waals surface area contributed by atoms with Gasteiger partial charge < -0.3 is 4.74 Å². The molecule has 1 aromatic heterocycles. The van der Waals surface area contributed by atoms with Crippen molar-refractivity contribution in [3.8, 4) is 0 Å². The molecule has 19 heavy (non-hydrogen) atoms. The number of nitrogens with zero attached hydrogens (tertiary/aromatic N) is 2. The van der Waals surface area contributed by atoms with E-state index in [1.807, 2.05) is 6.92 Å². The van der Waals surface area contributed by atoms with Gasteiger partial charge in [0.1, 0.15) is 5.15 Å².